The van der Waals surface area contributed by atoms with Gasteiger partial charge in [0.15, 0.2) is 6.10 Å². The molecule has 9 heteroatoms. The van der Waals surface area contributed by atoms with E-state index in [9.17, 15) is 14.2 Å². The van der Waals surface area contributed by atoms with Crippen LogP contribution < -0.4 is 0 Å². The van der Waals surface area contributed by atoms with Gasteiger partial charge in [0, 0.05) is 12.8 Å². The van der Waals surface area contributed by atoms with E-state index in [4.69, 9.17) is 19.3 Å². The first-order valence-electron chi connectivity index (χ1n) is 18.6. The fourth-order valence-corrected chi connectivity index (χ4v) is 5.21. The Morgan fingerprint density at radius 1 is 0.562 bits per heavy atom. The van der Waals surface area contributed by atoms with Crippen molar-refractivity contribution in [1.82, 2.24) is 0 Å². The number of hydrogen-bond acceptors (Lipinski definition) is 6. The summed E-state index contributed by atoms with van der Waals surface area (Å²) in [6.45, 7) is 3.50. The van der Waals surface area contributed by atoms with Crippen molar-refractivity contribution in [1.29, 1.82) is 0 Å². The van der Waals surface area contributed by atoms with E-state index in [1.54, 1.807) is 0 Å². The van der Waals surface area contributed by atoms with Crippen LogP contribution in [-0.2, 0) is 28.2 Å². The molecule has 0 aromatic carbocycles. The monoisotopic (exact) mass is 694 g/mol. The summed E-state index contributed by atoms with van der Waals surface area (Å²) in [7, 11) is -4.76. The van der Waals surface area contributed by atoms with Crippen LogP contribution in [0.1, 0.15) is 155 Å². The van der Waals surface area contributed by atoms with E-state index in [1.807, 2.05) is 36.5 Å². The zero-order valence-corrected chi connectivity index (χ0v) is 31.0. The molecule has 0 amide bonds. The molecular weight excluding hydrogens is 627 g/mol. The second kappa shape index (κ2) is 34.6. The SMILES string of the molecule is CC/C=C/C=C/C=C/C=C/CCCCCCCC(=O)O[C@H](COC(=O)CCCCCCC/C=C/CCCCCCCC)COP(=O)(O)O. The van der Waals surface area contributed by atoms with Crippen molar-refractivity contribution in [2.24, 2.45) is 0 Å². The van der Waals surface area contributed by atoms with Gasteiger partial charge in [-0.25, -0.2) is 4.57 Å². The lowest BCUT2D eigenvalue weighted by Gasteiger charge is -2.18. The summed E-state index contributed by atoms with van der Waals surface area (Å²) in [4.78, 5) is 42.7. The van der Waals surface area contributed by atoms with Crippen molar-refractivity contribution < 1.29 is 37.9 Å². The summed E-state index contributed by atoms with van der Waals surface area (Å²) < 4.78 is 26.3. The molecule has 0 unspecified atom stereocenters. The average molecular weight is 695 g/mol. The smallest absolute Gasteiger partial charge is 0.462 e. The summed E-state index contributed by atoms with van der Waals surface area (Å²) >= 11 is 0. The van der Waals surface area contributed by atoms with Crippen LogP contribution in [0.25, 0.3) is 0 Å². The van der Waals surface area contributed by atoms with Crippen molar-refractivity contribution in [3.63, 3.8) is 0 Å². The molecule has 0 radical (unpaired) electrons. The van der Waals surface area contributed by atoms with Crippen molar-refractivity contribution in [3.05, 3.63) is 60.8 Å². The number of carbonyl (C=O) groups is 2. The van der Waals surface area contributed by atoms with Gasteiger partial charge >= 0.3 is 19.8 Å². The molecule has 276 valence electrons. The maximum Gasteiger partial charge on any atom is 0.469 e. The summed E-state index contributed by atoms with van der Waals surface area (Å²) in [5.74, 6) is -0.927. The van der Waals surface area contributed by atoms with Crippen LogP contribution >= 0.6 is 7.82 Å². The van der Waals surface area contributed by atoms with Crippen LogP contribution in [0.5, 0.6) is 0 Å². The van der Waals surface area contributed by atoms with Crippen LogP contribution in [-0.4, -0.2) is 41.0 Å². The Balaban J connectivity index is 4.04. The maximum atomic E-state index is 12.3. The van der Waals surface area contributed by atoms with Gasteiger partial charge in [0.05, 0.1) is 6.61 Å². The second-order valence-electron chi connectivity index (χ2n) is 12.3. The molecule has 0 saturated carbocycles. The summed E-state index contributed by atoms with van der Waals surface area (Å²) in [5.41, 5.74) is 0. The first kappa shape index (κ1) is 45.8. The second-order valence-corrected chi connectivity index (χ2v) is 13.5. The van der Waals surface area contributed by atoms with E-state index in [1.165, 1.54) is 44.9 Å². The molecule has 8 nitrogen and oxygen atoms in total. The van der Waals surface area contributed by atoms with Crippen LogP contribution in [0.4, 0.5) is 0 Å². The number of phosphoric ester groups is 1. The van der Waals surface area contributed by atoms with Crippen LogP contribution in [0.2, 0.25) is 0 Å². The quantitative estimate of drug-likeness (QED) is 0.0229. The molecule has 0 spiro atoms. The molecule has 0 heterocycles. The zero-order chi connectivity index (χ0) is 35.4. The predicted octanol–water partition coefficient (Wildman–Crippen LogP) is 11.0. The van der Waals surface area contributed by atoms with Gasteiger partial charge in [-0.15, -0.1) is 0 Å². The van der Waals surface area contributed by atoms with Crippen molar-refractivity contribution in [2.45, 2.75) is 161 Å². The van der Waals surface area contributed by atoms with Crippen LogP contribution in [0.3, 0.4) is 0 Å². The number of esters is 2. The largest absolute Gasteiger partial charge is 0.469 e. The normalized spacial score (nSPS) is 13.2. The van der Waals surface area contributed by atoms with Gasteiger partial charge in [0.1, 0.15) is 6.61 Å². The average Bonchev–Trinajstić information content (AvgIpc) is 3.05. The third-order valence-electron chi connectivity index (χ3n) is 7.61. The summed E-state index contributed by atoms with van der Waals surface area (Å²) in [6.07, 6.45) is 42.2. The fraction of sp³-hybridized carbons (Fsp3) is 0.692. The molecule has 0 bridgehead atoms. The van der Waals surface area contributed by atoms with E-state index in [0.29, 0.717) is 12.8 Å². The summed E-state index contributed by atoms with van der Waals surface area (Å²) in [6, 6.07) is 0. The van der Waals surface area contributed by atoms with Crippen molar-refractivity contribution in [2.75, 3.05) is 13.2 Å². The van der Waals surface area contributed by atoms with Gasteiger partial charge in [-0.05, 0) is 57.8 Å². The zero-order valence-electron chi connectivity index (χ0n) is 30.1. The standard InChI is InChI=1S/C39H67O8P/c1-3-5-7-9-11-13-15-17-19-21-23-25-27-29-31-33-38(40)45-35-37(36-46-48(42,43)44)47-39(41)34-32-30-28-26-24-22-20-18-16-14-12-10-8-6-4-2/h6,8,10,12,14,16-20,37H,3-5,7,9,11,13,15,21-36H2,1-2H3,(H2,42,43,44)/b8-6+,12-10+,16-14+,19-17+,20-18+/t37-/m1/s1. The molecule has 1 atom stereocenters. The maximum absolute atomic E-state index is 12.3. The van der Waals surface area contributed by atoms with Gasteiger partial charge < -0.3 is 19.3 Å². The number of carbonyl (C=O) groups excluding carboxylic acids is 2. The number of allylic oxidation sites excluding steroid dienone is 10. The van der Waals surface area contributed by atoms with Gasteiger partial charge in [0.25, 0.3) is 0 Å². The highest BCUT2D eigenvalue weighted by Gasteiger charge is 2.22. The van der Waals surface area contributed by atoms with E-state index in [-0.39, 0.29) is 19.4 Å². The first-order chi connectivity index (χ1) is 23.3. The predicted molar refractivity (Wildman–Crippen MR) is 197 cm³/mol. The molecule has 0 aliphatic rings. The molecule has 0 rings (SSSR count). The number of ether oxygens (including phenoxy) is 2. The minimum atomic E-state index is -4.76. The Morgan fingerprint density at radius 3 is 1.56 bits per heavy atom. The Morgan fingerprint density at radius 2 is 1.02 bits per heavy atom. The van der Waals surface area contributed by atoms with Crippen molar-refractivity contribution in [3.8, 4) is 0 Å². The summed E-state index contributed by atoms with van der Waals surface area (Å²) in [5, 5.41) is 0. The third kappa shape index (κ3) is 36.6. The van der Waals surface area contributed by atoms with Crippen molar-refractivity contribution >= 4 is 19.8 Å². The minimum absolute atomic E-state index is 0.181. The van der Waals surface area contributed by atoms with Gasteiger partial charge in [-0.3, -0.25) is 14.1 Å². The van der Waals surface area contributed by atoms with E-state index < -0.39 is 32.5 Å². The minimum Gasteiger partial charge on any atom is -0.462 e. The molecule has 0 aromatic rings. The lowest BCUT2D eigenvalue weighted by molar-refractivity contribution is -0.161. The van der Waals surface area contributed by atoms with Crippen LogP contribution in [0, 0.1) is 0 Å². The molecule has 2 N–H and O–H groups in total. The highest BCUT2D eigenvalue weighted by Crippen LogP contribution is 2.36. The van der Waals surface area contributed by atoms with Gasteiger partial charge in [-0.2, -0.15) is 0 Å². The number of unbranched alkanes of at least 4 members (excludes halogenated alkanes) is 16. The topological polar surface area (TPSA) is 119 Å². The molecule has 0 aliphatic carbocycles. The highest BCUT2D eigenvalue weighted by atomic mass is 31.2. The first-order valence-corrected chi connectivity index (χ1v) is 20.2. The van der Waals surface area contributed by atoms with Gasteiger partial charge in [0.2, 0.25) is 0 Å². The van der Waals surface area contributed by atoms with Crippen LogP contribution in [0.15, 0.2) is 60.8 Å². The highest BCUT2D eigenvalue weighted by molar-refractivity contribution is 7.46. The fourth-order valence-electron chi connectivity index (χ4n) is 4.85. The Hall–Kier alpha value is -2.25. The number of hydrogen-bond donors (Lipinski definition) is 2. The Bertz CT molecular complexity index is 963. The van der Waals surface area contributed by atoms with E-state index >= 15 is 0 Å². The molecule has 0 aliphatic heterocycles. The lowest BCUT2D eigenvalue weighted by atomic mass is 10.1. The molecule has 0 saturated heterocycles. The number of phosphoric acid groups is 1. The molecular formula is C39H67O8P. The third-order valence-corrected chi connectivity index (χ3v) is 8.10. The molecule has 48 heavy (non-hydrogen) atoms. The Kier molecular flexibility index (Phi) is 33.0. The Labute approximate surface area is 292 Å². The van der Waals surface area contributed by atoms with E-state index in [2.05, 4.69) is 42.7 Å². The van der Waals surface area contributed by atoms with Gasteiger partial charge in [-0.1, -0.05) is 145 Å². The molecule has 0 fully saturated rings. The molecule has 0 aromatic heterocycles. The number of rotatable bonds is 33. The lowest BCUT2D eigenvalue weighted by Crippen LogP contribution is -2.29. The van der Waals surface area contributed by atoms with E-state index in [0.717, 1.165) is 70.6 Å².